The van der Waals surface area contributed by atoms with E-state index in [2.05, 4.69) is 99.0 Å². The molecule has 0 amide bonds. The molecular weight excluding hydrogens is 380 g/mol. The van der Waals surface area contributed by atoms with E-state index in [1.807, 2.05) is 0 Å². The maximum atomic E-state index is 12.1. The second kappa shape index (κ2) is 8.26. The van der Waals surface area contributed by atoms with Gasteiger partial charge in [0.1, 0.15) is 5.60 Å². The topological polar surface area (TPSA) is 26.7 Å². The standard InChI is InChI=1S/C28H40N2O/c1-6-7-11-22-14-16-23(17-15-22)28(31)26(2,3)25(27(28,4)5)30-20-18-29(19-21-30)24-12-9-8-10-13-24/h8-10,12-17,25,31H,6-7,11,18-21H2,1-5H3. The molecule has 0 bridgehead atoms. The molecule has 168 valence electrons. The molecule has 0 spiro atoms. The van der Waals surface area contributed by atoms with Crippen molar-refractivity contribution in [2.45, 2.75) is 65.5 Å². The predicted octanol–water partition coefficient (Wildman–Crippen LogP) is 5.47. The quantitative estimate of drug-likeness (QED) is 0.671. The molecule has 0 radical (unpaired) electrons. The van der Waals surface area contributed by atoms with Crippen LogP contribution < -0.4 is 4.90 Å². The molecule has 2 aromatic rings. The van der Waals surface area contributed by atoms with Crippen LogP contribution in [0.2, 0.25) is 0 Å². The Morgan fingerprint density at radius 1 is 0.839 bits per heavy atom. The highest BCUT2D eigenvalue weighted by atomic mass is 16.3. The molecular formula is C28H40N2O. The van der Waals surface area contributed by atoms with Gasteiger partial charge in [0.15, 0.2) is 0 Å². The fraction of sp³-hybridized carbons (Fsp3) is 0.571. The summed E-state index contributed by atoms with van der Waals surface area (Å²) < 4.78 is 0. The van der Waals surface area contributed by atoms with Crippen molar-refractivity contribution in [3.05, 3.63) is 65.7 Å². The second-order valence-electron chi connectivity index (χ2n) is 10.7. The number of aryl methyl sites for hydroxylation is 1. The summed E-state index contributed by atoms with van der Waals surface area (Å²) in [6.45, 7) is 15.4. The zero-order chi connectivity index (χ0) is 22.3. The first-order chi connectivity index (χ1) is 14.7. The molecule has 3 nitrogen and oxygen atoms in total. The van der Waals surface area contributed by atoms with Crippen LogP contribution in [0.15, 0.2) is 54.6 Å². The first kappa shape index (κ1) is 22.4. The Morgan fingerprint density at radius 2 is 1.42 bits per heavy atom. The Hall–Kier alpha value is -1.84. The van der Waals surface area contributed by atoms with Gasteiger partial charge in [-0.15, -0.1) is 0 Å². The van der Waals surface area contributed by atoms with Gasteiger partial charge in [0.2, 0.25) is 0 Å². The third kappa shape index (κ3) is 3.50. The molecule has 31 heavy (non-hydrogen) atoms. The van der Waals surface area contributed by atoms with E-state index in [-0.39, 0.29) is 10.8 Å². The molecule has 4 rings (SSSR count). The van der Waals surface area contributed by atoms with Gasteiger partial charge in [-0.1, -0.05) is 83.5 Å². The summed E-state index contributed by atoms with van der Waals surface area (Å²) in [5, 5.41) is 12.1. The number of aliphatic hydroxyl groups is 1. The number of piperazine rings is 1. The lowest BCUT2D eigenvalue weighted by Crippen LogP contribution is -2.79. The molecule has 1 N–H and O–H groups in total. The molecule has 2 fully saturated rings. The smallest absolute Gasteiger partial charge is 0.103 e. The van der Waals surface area contributed by atoms with Crippen LogP contribution in [0.25, 0.3) is 0 Å². The summed E-state index contributed by atoms with van der Waals surface area (Å²) in [4.78, 5) is 5.11. The van der Waals surface area contributed by atoms with Gasteiger partial charge in [0, 0.05) is 48.7 Å². The van der Waals surface area contributed by atoms with E-state index in [4.69, 9.17) is 0 Å². The number of hydrogen-bond acceptors (Lipinski definition) is 3. The van der Waals surface area contributed by atoms with Crippen molar-refractivity contribution in [1.82, 2.24) is 4.90 Å². The van der Waals surface area contributed by atoms with Gasteiger partial charge in [0.05, 0.1) is 0 Å². The largest absolute Gasteiger partial charge is 0.384 e. The molecule has 0 atom stereocenters. The number of para-hydroxylation sites is 1. The van der Waals surface area contributed by atoms with Crippen LogP contribution in [0.3, 0.4) is 0 Å². The van der Waals surface area contributed by atoms with E-state index in [1.54, 1.807) is 0 Å². The van der Waals surface area contributed by atoms with Crippen LogP contribution in [0.1, 0.15) is 58.6 Å². The van der Waals surface area contributed by atoms with Crippen molar-refractivity contribution >= 4 is 5.69 Å². The average molecular weight is 421 g/mol. The fourth-order valence-corrected chi connectivity index (χ4v) is 6.88. The molecule has 1 saturated heterocycles. The molecule has 1 saturated carbocycles. The number of rotatable bonds is 6. The normalized spacial score (nSPS) is 27.7. The lowest BCUT2D eigenvalue weighted by molar-refractivity contribution is -0.307. The molecule has 0 unspecified atom stereocenters. The van der Waals surface area contributed by atoms with Crippen molar-refractivity contribution < 1.29 is 5.11 Å². The molecule has 1 heterocycles. The van der Waals surface area contributed by atoms with E-state index < -0.39 is 5.60 Å². The Labute approximate surface area is 189 Å². The minimum Gasteiger partial charge on any atom is -0.384 e. The van der Waals surface area contributed by atoms with Gasteiger partial charge in [0.25, 0.3) is 0 Å². The first-order valence-corrected chi connectivity index (χ1v) is 12.1. The van der Waals surface area contributed by atoms with Crippen molar-refractivity contribution in [3.8, 4) is 0 Å². The minimum absolute atomic E-state index is 0.212. The SMILES string of the molecule is CCCCc1ccc(C2(O)C(C)(C)C(N3CCN(c4ccccc4)CC3)C2(C)C)cc1. The van der Waals surface area contributed by atoms with E-state index in [0.29, 0.717) is 6.04 Å². The first-order valence-electron chi connectivity index (χ1n) is 12.1. The summed E-state index contributed by atoms with van der Waals surface area (Å²) in [6.07, 6.45) is 3.55. The summed E-state index contributed by atoms with van der Waals surface area (Å²) in [5.41, 5.74) is 2.51. The number of benzene rings is 2. The van der Waals surface area contributed by atoms with Crippen LogP contribution in [-0.4, -0.2) is 42.2 Å². The maximum Gasteiger partial charge on any atom is 0.103 e. The van der Waals surface area contributed by atoms with Crippen LogP contribution >= 0.6 is 0 Å². The van der Waals surface area contributed by atoms with E-state index in [0.717, 1.165) is 38.2 Å². The average Bonchev–Trinajstić information content (AvgIpc) is 2.78. The van der Waals surface area contributed by atoms with Gasteiger partial charge in [-0.25, -0.2) is 0 Å². The highest BCUT2D eigenvalue weighted by molar-refractivity contribution is 5.46. The Kier molecular flexibility index (Phi) is 5.95. The highest BCUT2D eigenvalue weighted by Gasteiger charge is 2.73. The van der Waals surface area contributed by atoms with Crippen LogP contribution in [0.5, 0.6) is 0 Å². The molecule has 2 aliphatic rings. The summed E-state index contributed by atoms with van der Waals surface area (Å²) in [5.74, 6) is 0. The number of unbranched alkanes of at least 4 members (excludes halogenated alkanes) is 1. The summed E-state index contributed by atoms with van der Waals surface area (Å²) in [7, 11) is 0. The predicted molar refractivity (Wildman–Crippen MR) is 131 cm³/mol. The Balaban J connectivity index is 1.50. The van der Waals surface area contributed by atoms with E-state index in [1.165, 1.54) is 24.1 Å². The highest BCUT2D eigenvalue weighted by Crippen LogP contribution is 2.68. The molecule has 1 aliphatic heterocycles. The third-order valence-electron chi connectivity index (χ3n) is 8.22. The van der Waals surface area contributed by atoms with Gasteiger partial charge in [-0.3, -0.25) is 4.90 Å². The maximum absolute atomic E-state index is 12.1. The van der Waals surface area contributed by atoms with Crippen LogP contribution in [0.4, 0.5) is 5.69 Å². The minimum atomic E-state index is -0.829. The molecule has 1 aliphatic carbocycles. The van der Waals surface area contributed by atoms with Crippen molar-refractivity contribution in [2.75, 3.05) is 31.1 Å². The van der Waals surface area contributed by atoms with Crippen molar-refractivity contribution in [2.24, 2.45) is 10.8 Å². The van der Waals surface area contributed by atoms with Crippen LogP contribution in [0, 0.1) is 10.8 Å². The van der Waals surface area contributed by atoms with Gasteiger partial charge in [-0.05, 0) is 36.1 Å². The zero-order valence-corrected chi connectivity index (χ0v) is 20.1. The molecule has 3 heteroatoms. The van der Waals surface area contributed by atoms with Crippen molar-refractivity contribution in [1.29, 1.82) is 0 Å². The summed E-state index contributed by atoms with van der Waals surface area (Å²) in [6, 6.07) is 19.9. The lowest BCUT2D eigenvalue weighted by atomic mass is 9.39. The van der Waals surface area contributed by atoms with E-state index in [9.17, 15) is 5.11 Å². The van der Waals surface area contributed by atoms with Crippen molar-refractivity contribution in [3.63, 3.8) is 0 Å². The van der Waals surface area contributed by atoms with E-state index >= 15 is 0 Å². The summed E-state index contributed by atoms with van der Waals surface area (Å²) >= 11 is 0. The van der Waals surface area contributed by atoms with Gasteiger partial charge in [-0.2, -0.15) is 0 Å². The lowest BCUT2D eigenvalue weighted by Gasteiger charge is -2.72. The number of hydrogen-bond donors (Lipinski definition) is 1. The van der Waals surface area contributed by atoms with Crippen LogP contribution in [-0.2, 0) is 12.0 Å². The zero-order valence-electron chi connectivity index (χ0n) is 20.1. The number of nitrogens with zero attached hydrogens (tertiary/aromatic N) is 2. The van der Waals surface area contributed by atoms with Gasteiger partial charge >= 0.3 is 0 Å². The monoisotopic (exact) mass is 420 g/mol. The Bertz CT molecular complexity index is 848. The van der Waals surface area contributed by atoms with Gasteiger partial charge < -0.3 is 10.0 Å². The Morgan fingerprint density at radius 3 is 1.97 bits per heavy atom. The fourth-order valence-electron chi connectivity index (χ4n) is 6.88. The third-order valence-corrected chi connectivity index (χ3v) is 8.22. The molecule has 0 aromatic heterocycles. The molecule has 2 aromatic carbocycles. The number of anilines is 1. The second-order valence-corrected chi connectivity index (χ2v) is 10.7.